The average Bonchev–Trinajstić information content (AvgIpc) is 4.21. The summed E-state index contributed by atoms with van der Waals surface area (Å²) >= 11 is 1.34. The number of ketones is 1. The summed E-state index contributed by atoms with van der Waals surface area (Å²) in [6.07, 6.45) is -7.84. The lowest BCUT2D eigenvalue weighted by molar-refractivity contribution is -0.348. The number of nitrogens with one attached hydrogen (secondary N) is 1. The van der Waals surface area contributed by atoms with Crippen LogP contribution >= 0.6 is 11.8 Å². The maximum atomic E-state index is 16.2. The molecule has 17 nitrogen and oxygen atoms in total. The molecule has 384 valence electrons. The van der Waals surface area contributed by atoms with Crippen LogP contribution in [0.2, 0.25) is 0 Å². The van der Waals surface area contributed by atoms with Crippen LogP contribution in [-0.4, -0.2) is 120 Å². The lowest BCUT2D eigenvalue weighted by Crippen LogP contribution is -2.82. The number of aliphatic hydroxyl groups is 1. The average molecular weight is 1010 g/mol. The molecular weight excluding hydrogens is 951 g/mol. The van der Waals surface area contributed by atoms with Crippen molar-refractivity contribution in [2.24, 2.45) is 22.7 Å². The van der Waals surface area contributed by atoms with Crippen LogP contribution in [-0.2, 0) is 57.1 Å². The molecule has 3 aromatic carbocycles. The minimum absolute atomic E-state index is 0.0363. The van der Waals surface area contributed by atoms with E-state index in [9.17, 15) is 29.1 Å². The minimum atomic E-state index is -2.40. The highest BCUT2D eigenvalue weighted by Gasteiger charge is 2.79. The first kappa shape index (κ1) is 52.2. The van der Waals surface area contributed by atoms with Crippen molar-refractivity contribution < 1.29 is 76.6 Å². The van der Waals surface area contributed by atoms with Crippen molar-refractivity contribution in [1.82, 2.24) is 5.32 Å². The Morgan fingerprint density at radius 3 is 2.07 bits per heavy atom. The summed E-state index contributed by atoms with van der Waals surface area (Å²) in [5, 5.41) is 17.0. The number of esters is 4. The Morgan fingerprint density at radius 1 is 0.875 bits per heavy atom. The number of thioether (sulfide) groups is 1. The molecule has 2 N–H and O–H groups in total. The zero-order chi connectivity index (χ0) is 51.8. The topological polar surface area (TPSA) is 226 Å². The molecule has 2 bridgehead atoms. The Balaban J connectivity index is 1.32. The van der Waals surface area contributed by atoms with Gasteiger partial charge in [-0.05, 0) is 80.8 Å². The van der Waals surface area contributed by atoms with E-state index in [-0.39, 0.29) is 47.8 Å². The highest BCUT2D eigenvalue weighted by atomic mass is 32.2. The molecule has 18 heteroatoms. The van der Waals surface area contributed by atoms with Gasteiger partial charge in [-0.3, -0.25) is 19.2 Å². The fourth-order valence-corrected chi connectivity index (χ4v) is 11.5. The third-order valence-corrected chi connectivity index (χ3v) is 15.5. The molecular formula is C54H61NO16S. The molecule has 1 heterocycles. The summed E-state index contributed by atoms with van der Waals surface area (Å²) in [5.74, 6) is -6.65. The standard InChI is InChI=1S/C54H61NO16S/c1-8-64-50(62)69-42(40(32-18-12-9-13-19-32)55-46(58)33-20-14-10-15-21-33)49(61)68-36-27-54(63)45(70-47(59)34-22-16-11-17-23-34)43-52(6,44(57)41(67-31(3)56)39(30(36)2)51(54,4)5)37(66-29-72-7)26-38-53(43,28-65-38)71-48(60)35-24-25-35/h9-23,35-38,40-43,45,63H,8,24-29H2,1-7H3,(H,55,58)/t36?,37-,38+,40-,41+,42+,43?,45-,52+,53-,54+/m0/s1. The molecule has 4 fully saturated rings. The van der Waals surface area contributed by atoms with Gasteiger partial charge in [0, 0.05) is 30.7 Å². The SMILES string of the molecule is CCOC(=O)O[C@@H](C(=O)OC1C[C@@]2(O)[C@@H](OC(=O)c3ccccc3)C3[C@](C)(C(=O)[C@H](OC(C)=O)C(=C1C)C2(C)C)[C@@H](OCSC)C[C@H]1OC[C@@]31OC(=O)C1CC1)[C@@H](NC(=O)c1ccccc1)c1ccccc1. The van der Waals surface area contributed by atoms with Crippen molar-refractivity contribution in [1.29, 1.82) is 0 Å². The quantitative estimate of drug-likeness (QED) is 0.0663. The van der Waals surface area contributed by atoms with E-state index in [2.05, 4.69) is 5.32 Å². The fourth-order valence-electron chi connectivity index (χ4n) is 11.2. The van der Waals surface area contributed by atoms with Crippen LogP contribution in [0.15, 0.2) is 102 Å². The van der Waals surface area contributed by atoms with Gasteiger partial charge in [0.2, 0.25) is 6.10 Å². The van der Waals surface area contributed by atoms with Gasteiger partial charge in [0.15, 0.2) is 17.5 Å². The molecule has 1 saturated heterocycles. The molecule has 5 aliphatic rings. The molecule has 0 spiro atoms. The third-order valence-electron chi connectivity index (χ3n) is 15.2. The summed E-state index contributed by atoms with van der Waals surface area (Å²) in [5.41, 5.74) is -6.79. The van der Waals surface area contributed by atoms with E-state index >= 15 is 9.59 Å². The Morgan fingerprint density at radius 2 is 1.50 bits per heavy atom. The number of carbonyl (C=O) groups is 7. The summed E-state index contributed by atoms with van der Waals surface area (Å²) in [6.45, 7) is 8.67. The Kier molecular flexibility index (Phi) is 15.1. The summed E-state index contributed by atoms with van der Waals surface area (Å²) in [4.78, 5) is 101. The second kappa shape index (κ2) is 20.8. The van der Waals surface area contributed by atoms with E-state index in [1.54, 1.807) is 107 Å². The molecule has 0 radical (unpaired) electrons. The van der Waals surface area contributed by atoms with Crippen LogP contribution in [0.25, 0.3) is 0 Å². The number of hydrogen-bond acceptors (Lipinski definition) is 17. The number of carbonyl (C=O) groups excluding carboxylic acids is 7. The first-order chi connectivity index (χ1) is 34.3. The maximum Gasteiger partial charge on any atom is 0.509 e. The number of Topliss-reactive ketones (excluding diaryl/α,β-unsaturated/α-hetero) is 1. The number of hydrogen-bond donors (Lipinski definition) is 2. The van der Waals surface area contributed by atoms with Gasteiger partial charge in [0.05, 0.1) is 48.1 Å². The van der Waals surface area contributed by atoms with Gasteiger partial charge in [0.25, 0.3) is 5.91 Å². The summed E-state index contributed by atoms with van der Waals surface area (Å²) in [6, 6.07) is 23.1. The van der Waals surface area contributed by atoms with Crippen molar-refractivity contribution in [2.45, 2.75) is 121 Å². The Labute approximate surface area is 421 Å². The predicted molar refractivity (Wildman–Crippen MR) is 258 cm³/mol. The van der Waals surface area contributed by atoms with E-state index in [0.29, 0.717) is 18.4 Å². The monoisotopic (exact) mass is 1010 g/mol. The largest absolute Gasteiger partial charge is 0.509 e. The van der Waals surface area contributed by atoms with Crippen LogP contribution < -0.4 is 5.32 Å². The van der Waals surface area contributed by atoms with E-state index in [0.717, 1.165) is 6.92 Å². The first-order valence-corrected chi connectivity index (χ1v) is 25.5. The smallest absolute Gasteiger partial charge is 0.455 e. The molecule has 1 aliphatic heterocycles. The predicted octanol–water partition coefficient (Wildman–Crippen LogP) is 6.65. The Hall–Kier alpha value is -6.08. The van der Waals surface area contributed by atoms with Gasteiger partial charge < -0.3 is 48.3 Å². The highest BCUT2D eigenvalue weighted by molar-refractivity contribution is 7.98. The van der Waals surface area contributed by atoms with Crippen molar-refractivity contribution in [3.05, 3.63) is 119 Å². The summed E-state index contributed by atoms with van der Waals surface area (Å²) < 4.78 is 49.3. The zero-order valence-corrected chi connectivity index (χ0v) is 42.1. The molecule has 4 aliphatic carbocycles. The number of fused-ring (bicyclic) bond motifs is 5. The van der Waals surface area contributed by atoms with Gasteiger partial charge >= 0.3 is 30.0 Å². The first-order valence-electron chi connectivity index (χ1n) is 24.1. The molecule has 1 amide bonds. The van der Waals surface area contributed by atoms with Gasteiger partial charge in [-0.15, -0.1) is 11.8 Å². The van der Waals surface area contributed by atoms with Crippen molar-refractivity contribution in [2.75, 3.05) is 25.4 Å². The van der Waals surface area contributed by atoms with Gasteiger partial charge in [-0.25, -0.2) is 14.4 Å². The summed E-state index contributed by atoms with van der Waals surface area (Å²) in [7, 11) is 0. The third kappa shape index (κ3) is 9.53. The maximum absolute atomic E-state index is 16.2. The number of ether oxygens (including phenoxy) is 8. The lowest BCUT2D eigenvalue weighted by atomic mass is 9.44. The molecule has 3 saturated carbocycles. The van der Waals surface area contributed by atoms with Crippen LogP contribution in [0.5, 0.6) is 0 Å². The lowest BCUT2D eigenvalue weighted by Gasteiger charge is -2.67. The highest BCUT2D eigenvalue weighted by Crippen LogP contribution is 2.65. The van der Waals surface area contributed by atoms with Gasteiger partial charge in [-0.1, -0.05) is 80.6 Å². The number of rotatable bonds is 16. The van der Waals surface area contributed by atoms with Crippen LogP contribution in [0.4, 0.5) is 4.79 Å². The number of benzene rings is 3. The zero-order valence-electron chi connectivity index (χ0n) is 41.3. The second-order valence-corrected chi connectivity index (χ2v) is 20.6. The fraction of sp³-hybridized carbons (Fsp3) is 0.500. The molecule has 3 aromatic rings. The van der Waals surface area contributed by atoms with Gasteiger partial charge in [-0.2, -0.15) is 0 Å². The van der Waals surface area contributed by atoms with Crippen molar-refractivity contribution >= 4 is 53.5 Å². The van der Waals surface area contributed by atoms with Crippen LogP contribution in [0.1, 0.15) is 99.5 Å². The van der Waals surface area contributed by atoms with E-state index < -0.39 is 125 Å². The molecule has 2 unspecified atom stereocenters. The van der Waals surface area contributed by atoms with Gasteiger partial charge in [0.1, 0.15) is 30.0 Å². The minimum Gasteiger partial charge on any atom is -0.455 e. The molecule has 0 aromatic heterocycles. The Bertz CT molecular complexity index is 2590. The van der Waals surface area contributed by atoms with Crippen molar-refractivity contribution in [3.63, 3.8) is 0 Å². The normalized spacial score (nSPS) is 30.0. The molecule has 8 rings (SSSR count). The molecule has 72 heavy (non-hydrogen) atoms. The number of amides is 1. The van der Waals surface area contributed by atoms with Crippen LogP contribution in [0, 0.1) is 22.7 Å². The van der Waals surface area contributed by atoms with Crippen molar-refractivity contribution in [3.8, 4) is 0 Å². The van der Waals surface area contributed by atoms with E-state index in [1.807, 2.05) is 6.26 Å². The second-order valence-electron chi connectivity index (χ2n) is 19.8. The molecule has 11 atom stereocenters. The van der Waals surface area contributed by atoms with E-state index in [1.165, 1.54) is 30.8 Å². The van der Waals surface area contributed by atoms with Crippen LogP contribution in [0.3, 0.4) is 0 Å². The van der Waals surface area contributed by atoms with E-state index in [4.69, 9.17) is 37.9 Å².